The number of nitrogen functional groups attached to an aromatic ring is 1. The minimum atomic E-state index is 0.553. The maximum absolute atomic E-state index is 5.69. The van der Waals surface area contributed by atoms with E-state index in [1.807, 2.05) is 13.0 Å². The van der Waals surface area contributed by atoms with E-state index in [4.69, 9.17) is 5.73 Å². The summed E-state index contributed by atoms with van der Waals surface area (Å²) in [5, 5.41) is 0. The minimum absolute atomic E-state index is 0.553. The Morgan fingerprint density at radius 3 is 1.58 bits per heavy atom. The lowest BCUT2D eigenvalue weighted by Gasteiger charge is -2.33. The van der Waals surface area contributed by atoms with Crippen molar-refractivity contribution in [1.82, 2.24) is 0 Å². The van der Waals surface area contributed by atoms with Crippen molar-refractivity contribution in [3.63, 3.8) is 0 Å². The van der Waals surface area contributed by atoms with Gasteiger partial charge in [0.1, 0.15) is 0 Å². The molecule has 132 valence electrons. The molecule has 0 fully saturated rings. The number of nitrogens with two attached hydrogens (primary N) is 1. The third-order valence-corrected chi connectivity index (χ3v) is 4.33. The fourth-order valence-corrected chi connectivity index (χ4v) is 2.89. The van der Waals surface area contributed by atoms with Gasteiger partial charge in [-0.25, -0.2) is 0 Å². The molecule has 0 amide bonds. The van der Waals surface area contributed by atoms with Crippen LogP contribution in [0.1, 0.15) is 49.9 Å². The molecule has 24 heavy (non-hydrogen) atoms. The summed E-state index contributed by atoms with van der Waals surface area (Å²) in [6.45, 7) is 17.3. The van der Waals surface area contributed by atoms with E-state index in [1.54, 1.807) is 0 Å². The maximum Gasteiger partial charge on any atom is 0.0371 e. The summed E-state index contributed by atoms with van der Waals surface area (Å²) in [4.78, 5) is 2.43. The van der Waals surface area contributed by atoms with Crippen molar-refractivity contribution in [2.24, 2.45) is 0 Å². The smallest absolute Gasteiger partial charge is 0.0371 e. The zero-order valence-corrected chi connectivity index (χ0v) is 16.6. The zero-order chi connectivity index (χ0) is 18.4. The average molecular weight is 327 g/mol. The monoisotopic (exact) mass is 326 g/mol. The van der Waals surface area contributed by atoms with Gasteiger partial charge in [-0.1, -0.05) is 23.8 Å². The normalized spacial score (nSPS) is 10.6. The average Bonchev–Trinajstić information content (AvgIpc) is 2.47. The van der Waals surface area contributed by atoms with Gasteiger partial charge in [0.15, 0.2) is 0 Å². The Kier molecular flexibility index (Phi) is 7.34. The first-order valence-corrected chi connectivity index (χ1v) is 8.81. The predicted octanol–water partition coefficient (Wildman–Crippen LogP) is 5.81. The van der Waals surface area contributed by atoms with E-state index in [2.05, 4.69) is 83.7 Å². The largest absolute Gasteiger partial charge is 0.399 e. The number of hydrogen-bond acceptors (Lipinski definition) is 2. The lowest BCUT2D eigenvalue weighted by Crippen LogP contribution is -2.36. The van der Waals surface area contributed by atoms with Gasteiger partial charge < -0.3 is 10.6 Å². The molecule has 0 radical (unpaired) electrons. The van der Waals surface area contributed by atoms with Crippen molar-refractivity contribution in [3.8, 4) is 0 Å². The number of rotatable bonds is 3. The van der Waals surface area contributed by atoms with Gasteiger partial charge in [0.05, 0.1) is 0 Å². The Morgan fingerprint density at radius 1 is 0.708 bits per heavy atom. The second kappa shape index (κ2) is 8.77. The van der Waals surface area contributed by atoms with Gasteiger partial charge in [-0.15, -0.1) is 0 Å². The molecule has 2 heteroatoms. The Bertz CT molecular complexity index is 582. The molecule has 2 aromatic carbocycles. The molecular weight excluding hydrogens is 292 g/mol. The molecule has 0 saturated carbocycles. The molecule has 0 aliphatic carbocycles. The molecule has 2 aromatic rings. The highest BCUT2D eigenvalue weighted by Gasteiger charge is 2.13. The van der Waals surface area contributed by atoms with Gasteiger partial charge in [-0.3, -0.25) is 0 Å². The lowest BCUT2D eigenvalue weighted by molar-refractivity contribution is 0.608. The summed E-state index contributed by atoms with van der Waals surface area (Å²) in [6, 6.07) is 14.0. The Balaban J connectivity index is 0.000000254. The van der Waals surface area contributed by atoms with E-state index in [1.165, 1.54) is 27.9 Å². The topological polar surface area (TPSA) is 29.3 Å². The van der Waals surface area contributed by atoms with Gasteiger partial charge in [0.2, 0.25) is 0 Å². The Morgan fingerprint density at radius 2 is 1.17 bits per heavy atom. The SMILES string of the molecule is Cc1cc(C)c(N)cc1C.Cc1ccc(N(C(C)C)C(C)C)cc1. The molecule has 0 unspecified atom stereocenters. The number of benzene rings is 2. The molecule has 2 N–H and O–H groups in total. The minimum Gasteiger partial charge on any atom is -0.399 e. The van der Waals surface area contributed by atoms with Crippen LogP contribution in [0, 0.1) is 27.7 Å². The molecule has 0 bridgehead atoms. The van der Waals surface area contributed by atoms with E-state index in [0.29, 0.717) is 12.1 Å². The van der Waals surface area contributed by atoms with Gasteiger partial charge in [-0.2, -0.15) is 0 Å². The van der Waals surface area contributed by atoms with Gasteiger partial charge in [0.25, 0.3) is 0 Å². The molecular formula is C22H34N2. The van der Waals surface area contributed by atoms with E-state index >= 15 is 0 Å². The summed E-state index contributed by atoms with van der Waals surface area (Å²) in [7, 11) is 0. The zero-order valence-electron chi connectivity index (χ0n) is 16.6. The van der Waals surface area contributed by atoms with Crippen LogP contribution in [0.4, 0.5) is 11.4 Å². The third kappa shape index (κ3) is 5.59. The van der Waals surface area contributed by atoms with Crippen LogP contribution >= 0.6 is 0 Å². The van der Waals surface area contributed by atoms with Crippen LogP contribution in [0.3, 0.4) is 0 Å². The quantitative estimate of drug-likeness (QED) is 0.721. The Labute approximate surface area is 148 Å². The summed E-state index contributed by atoms with van der Waals surface area (Å²) in [5.41, 5.74) is 13.0. The molecule has 0 atom stereocenters. The maximum atomic E-state index is 5.69. The van der Waals surface area contributed by atoms with Crippen molar-refractivity contribution in [2.75, 3.05) is 10.6 Å². The first-order valence-electron chi connectivity index (χ1n) is 8.81. The van der Waals surface area contributed by atoms with Crippen molar-refractivity contribution < 1.29 is 0 Å². The van der Waals surface area contributed by atoms with Crippen LogP contribution in [0.2, 0.25) is 0 Å². The van der Waals surface area contributed by atoms with E-state index in [0.717, 1.165) is 5.69 Å². The van der Waals surface area contributed by atoms with E-state index in [-0.39, 0.29) is 0 Å². The standard InChI is InChI=1S/C13H21N.C9H13N/c1-10(2)14(11(3)4)13-8-6-12(5)7-9-13;1-6-4-8(3)9(10)5-7(6)2/h6-11H,1-5H3;4-5H,10H2,1-3H3. The lowest BCUT2D eigenvalue weighted by atomic mass is 10.1. The van der Waals surface area contributed by atoms with Crippen molar-refractivity contribution in [1.29, 1.82) is 0 Å². The molecule has 2 nitrogen and oxygen atoms in total. The van der Waals surface area contributed by atoms with Crippen molar-refractivity contribution >= 4 is 11.4 Å². The highest BCUT2D eigenvalue weighted by molar-refractivity contribution is 5.51. The van der Waals surface area contributed by atoms with Crippen LogP contribution in [0.15, 0.2) is 36.4 Å². The van der Waals surface area contributed by atoms with E-state index in [9.17, 15) is 0 Å². The summed E-state index contributed by atoms with van der Waals surface area (Å²) < 4.78 is 0. The summed E-state index contributed by atoms with van der Waals surface area (Å²) in [5.74, 6) is 0. The van der Waals surface area contributed by atoms with Crippen LogP contribution in [0.25, 0.3) is 0 Å². The fourth-order valence-electron chi connectivity index (χ4n) is 2.89. The molecule has 0 heterocycles. The molecule has 0 aliphatic heterocycles. The number of nitrogens with zero attached hydrogens (tertiary/aromatic N) is 1. The van der Waals surface area contributed by atoms with Crippen molar-refractivity contribution in [2.45, 2.75) is 67.5 Å². The van der Waals surface area contributed by atoms with Gasteiger partial charge in [-0.05, 0) is 90.3 Å². The van der Waals surface area contributed by atoms with Crippen LogP contribution in [-0.4, -0.2) is 12.1 Å². The third-order valence-electron chi connectivity index (χ3n) is 4.33. The summed E-state index contributed by atoms with van der Waals surface area (Å²) in [6.07, 6.45) is 0. The van der Waals surface area contributed by atoms with Crippen molar-refractivity contribution in [3.05, 3.63) is 58.7 Å². The molecule has 0 aromatic heterocycles. The van der Waals surface area contributed by atoms with Gasteiger partial charge in [0, 0.05) is 23.5 Å². The number of hydrogen-bond donors (Lipinski definition) is 1. The summed E-state index contributed by atoms with van der Waals surface area (Å²) >= 11 is 0. The second-order valence-corrected chi connectivity index (χ2v) is 7.22. The van der Waals surface area contributed by atoms with Gasteiger partial charge >= 0.3 is 0 Å². The molecule has 0 saturated heterocycles. The first-order chi connectivity index (χ1) is 11.1. The highest BCUT2D eigenvalue weighted by atomic mass is 15.2. The molecule has 2 rings (SSSR count). The van der Waals surface area contributed by atoms with Crippen LogP contribution in [-0.2, 0) is 0 Å². The van der Waals surface area contributed by atoms with Crippen LogP contribution in [0.5, 0.6) is 0 Å². The first kappa shape index (κ1) is 20.1. The highest BCUT2D eigenvalue weighted by Crippen LogP contribution is 2.20. The van der Waals surface area contributed by atoms with E-state index < -0.39 is 0 Å². The number of anilines is 2. The Hall–Kier alpha value is -1.96. The van der Waals surface area contributed by atoms with Crippen LogP contribution < -0.4 is 10.6 Å². The fraction of sp³-hybridized carbons (Fsp3) is 0.455. The predicted molar refractivity (Wildman–Crippen MR) is 109 cm³/mol. The number of aryl methyl sites for hydroxylation is 4. The molecule has 0 aliphatic rings. The second-order valence-electron chi connectivity index (χ2n) is 7.22. The molecule has 0 spiro atoms.